The summed E-state index contributed by atoms with van der Waals surface area (Å²) < 4.78 is 13.7. The normalized spacial score (nSPS) is 10.5. The Morgan fingerprint density at radius 1 is 1.16 bits per heavy atom. The van der Waals surface area contributed by atoms with Gasteiger partial charge in [0.1, 0.15) is 11.6 Å². The van der Waals surface area contributed by atoms with E-state index >= 15 is 0 Å². The van der Waals surface area contributed by atoms with Gasteiger partial charge >= 0.3 is 0 Å². The minimum atomic E-state index is -0.271. The minimum absolute atomic E-state index is 0.173. The first kappa shape index (κ1) is 11.4. The molecule has 0 aliphatic heterocycles. The standard InChI is InChI=1S/C14H9FN4/c15-12-6-5-11(9-3-1-2-4-10(9)12)14-17-13(7-8-16)18-19-14/h1-6H,7H2,(H,17,18,19). The molecule has 0 bridgehead atoms. The van der Waals surface area contributed by atoms with Crippen LogP contribution in [0.4, 0.5) is 4.39 Å². The fourth-order valence-electron chi connectivity index (χ4n) is 2.03. The number of hydrogen-bond donors (Lipinski definition) is 1. The number of aromatic nitrogens is 3. The van der Waals surface area contributed by atoms with E-state index in [-0.39, 0.29) is 12.2 Å². The fraction of sp³-hybridized carbons (Fsp3) is 0.0714. The van der Waals surface area contributed by atoms with Gasteiger partial charge in [0.25, 0.3) is 0 Å². The highest BCUT2D eigenvalue weighted by atomic mass is 19.1. The van der Waals surface area contributed by atoms with Crippen molar-refractivity contribution in [2.45, 2.75) is 6.42 Å². The molecule has 0 amide bonds. The van der Waals surface area contributed by atoms with E-state index in [4.69, 9.17) is 5.26 Å². The number of rotatable bonds is 2. The number of H-pyrrole nitrogens is 1. The Bertz CT molecular complexity index is 785. The predicted octanol–water partition coefficient (Wildman–Crippen LogP) is 2.83. The Morgan fingerprint density at radius 2 is 1.95 bits per heavy atom. The third-order valence-electron chi connectivity index (χ3n) is 2.89. The van der Waals surface area contributed by atoms with Crippen LogP contribution in [0.1, 0.15) is 5.82 Å². The molecule has 0 spiro atoms. The minimum Gasteiger partial charge on any atom is -0.262 e. The second-order valence-electron chi connectivity index (χ2n) is 4.08. The lowest BCUT2D eigenvalue weighted by Crippen LogP contribution is -1.87. The van der Waals surface area contributed by atoms with Crippen molar-refractivity contribution < 1.29 is 4.39 Å². The number of halogens is 1. The highest BCUT2D eigenvalue weighted by Crippen LogP contribution is 2.28. The molecule has 92 valence electrons. The molecule has 1 N–H and O–H groups in total. The molecule has 0 saturated heterocycles. The summed E-state index contributed by atoms with van der Waals surface area (Å²) in [4.78, 5) is 4.24. The number of nitrogens with zero attached hydrogens (tertiary/aromatic N) is 3. The Morgan fingerprint density at radius 3 is 2.74 bits per heavy atom. The van der Waals surface area contributed by atoms with E-state index in [1.165, 1.54) is 6.07 Å². The van der Waals surface area contributed by atoms with Gasteiger partial charge in [-0.25, -0.2) is 9.37 Å². The largest absolute Gasteiger partial charge is 0.262 e. The summed E-state index contributed by atoms with van der Waals surface area (Å²) in [6.07, 6.45) is 0.173. The molecule has 0 radical (unpaired) electrons. The van der Waals surface area contributed by atoms with E-state index in [0.717, 1.165) is 10.9 Å². The summed E-state index contributed by atoms with van der Waals surface area (Å²) in [5.41, 5.74) is 0.748. The van der Waals surface area contributed by atoms with Gasteiger partial charge in [0.05, 0.1) is 12.5 Å². The Balaban J connectivity index is 2.19. The first-order valence-electron chi connectivity index (χ1n) is 5.75. The van der Waals surface area contributed by atoms with Gasteiger partial charge in [-0.1, -0.05) is 24.3 Å². The van der Waals surface area contributed by atoms with Crippen LogP contribution >= 0.6 is 0 Å². The van der Waals surface area contributed by atoms with Crippen molar-refractivity contribution in [2.75, 3.05) is 0 Å². The molecule has 1 heterocycles. The summed E-state index contributed by atoms with van der Waals surface area (Å²) >= 11 is 0. The molecule has 4 nitrogen and oxygen atoms in total. The van der Waals surface area contributed by atoms with Crippen LogP contribution in [0.3, 0.4) is 0 Å². The van der Waals surface area contributed by atoms with Crippen molar-refractivity contribution in [3.05, 3.63) is 48.0 Å². The molecular formula is C14H9FN4. The second kappa shape index (κ2) is 4.50. The molecule has 0 unspecified atom stereocenters. The van der Waals surface area contributed by atoms with Crippen LogP contribution in [0.15, 0.2) is 36.4 Å². The van der Waals surface area contributed by atoms with Gasteiger partial charge in [0.15, 0.2) is 5.82 Å². The zero-order valence-corrected chi connectivity index (χ0v) is 9.89. The highest BCUT2D eigenvalue weighted by Gasteiger charge is 2.11. The number of benzene rings is 2. The molecule has 3 aromatic rings. The van der Waals surface area contributed by atoms with Crippen LogP contribution in [-0.4, -0.2) is 15.2 Å². The summed E-state index contributed by atoms with van der Waals surface area (Å²) in [7, 11) is 0. The van der Waals surface area contributed by atoms with E-state index in [1.54, 1.807) is 18.2 Å². The smallest absolute Gasteiger partial charge is 0.181 e. The summed E-state index contributed by atoms with van der Waals surface area (Å²) in [5.74, 6) is 0.708. The average molecular weight is 252 g/mol. The number of aromatic amines is 1. The van der Waals surface area contributed by atoms with Crippen LogP contribution < -0.4 is 0 Å². The van der Waals surface area contributed by atoms with Crippen LogP contribution in [-0.2, 0) is 6.42 Å². The molecule has 2 aromatic carbocycles. The van der Waals surface area contributed by atoms with Gasteiger partial charge < -0.3 is 0 Å². The van der Waals surface area contributed by atoms with Crippen molar-refractivity contribution >= 4 is 10.8 Å². The molecular weight excluding hydrogens is 243 g/mol. The number of nitrogens with one attached hydrogen (secondary N) is 1. The maximum atomic E-state index is 13.7. The first-order chi connectivity index (χ1) is 9.29. The van der Waals surface area contributed by atoms with E-state index in [9.17, 15) is 4.39 Å². The van der Waals surface area contributed by atoms with Gasteiger partial charge in [-0.15, -0.1) is 0 Å². The van der Waals surface area contributed by atoms with E-state index < -0.39 is 0 Å². The van der Waals surface area contributed by atoms with Crippen molar-refractivity contribution in [3.63, 3.8) is 0 Å². The molecule has 0 atom stereocenters. The van der Waals surface area contributed by atoms with Crippen molar-refractivity contribution in [2.24, 2.45) is 0 Å². The molecule has 19 heavy (non-hydrogen) atoms. The highest BCUT2D eigenvalue weighted by molar-refractivity contribution is 5.95. The fourth-order valence-corrected chi connectivity index (χ4v) is 2.03. The third kappa shape index (κ3) is 1.93. The number of fused-ring (bicyclic) bond motifs is 1. The van der Waals surface area contributed by atoms with Crippen molar-refractivity contribution in [1.29, 1.82) is 5.26 Å². The van der Waals surface area contributed by atoms with E-state index in [0.29, 0.717) is 17.0 Å². The maximum absolute atomic E-state index is 13.7. The maximum Gasteiger partial charge on any atom is 0.181 e. The molecule has 0 aliphatic rings. The second-order valence-corrected chi connectivity index (χ2v) is 4.08. The lowest BCUT2D eigenvalue weighted by atomic mass is 10.0. The lowest BCUT2D eigenvalue weighted by Gasteiger charge is -2.03. The summed E-state index contributed by atoms with van der Waals surface area (Å²) in [6.45, 7) is 0. The molecule has 0 aliphatic carbocycles. The van der Waals surface area contributed by atoms with Gasteiger partial charge in [-0.2, -0.15) is 10.4 Å². The van der Waals surface area contributed by atoms with Crippen LogP contribution in [0.2, 0.25) is 0 Å². The molecule has 0 saturated carbocycles. The SMILES string of the molecule is N#CCc1nc(-c2ccc(F)c3ccccc23)n[nH]1. The summed E-state index contributed by atoms with van der Waals surface area (Å²) in [5, 5.41) is 16.7. The predicted molar refractivity (Wildman–Crippen MR) is 68.6 cm³/mol. The van der Waals surface area contributed by atoms with Crippen molar-refractivity contribution in [1.82, 2.24) is 15.2 Å². The average Bonchev–Trinajstić information content (AvgIpc) is 2.88. The van der Waals surface area contributed by atoms with Crippen LogP contribution in [0.5, 0.6) is 0 Å². The molecule has 0 fully saturated rings. The zero-order chi connectivity index (χ0) is 13.2. The Labute approximate surface area is 108 Å². The summed E-state index contributed by atoms with van der Waals surface area (Å²) in [6, 6.07) is 12.2. The van der Waals surface area contributed by atoms with E-state index in [1.807, 2.05) is 18.2 Å². The monoisotopic (exact) mass is 252 g/mol. The van der Waals surface area contributed by atoms with Crippen LogP contribution in [0, 0.1) is 17.1 Å². The van der Waals surface area contributed by atoms with Gasteiger partial charge in [0.2, 0.25) is 0 Å². The molecule has 3 rings (SSSR count). The quantitative estimate of drug-likeness (QED) is 0.762. The topological polar surface area (TPSA) is 65.4 Å². The molecule has 1 aromatic heterocycles. The van der Waals surface area contributed by atoms with Crippen LogP contribution in [0.25, 0.3) is 22.2 Å². The number of nitriles is 1. The van der Waals surface area contributed by atoms with Gasteiger partial charge in [0, 0.05) is 10.9 Å². The first-order valence-corrected chi connectivity index (χ1v) is 5.75. The van der Waals surface area contributed by atoms with E-state index in [2.05, 4.69) is 15.2 Å². The van der Waals surface area contributed by atoms with Gasteiger partial charge in [-0.05, 0) is 17.5 Å². The Kier molecular flexibility index (Phi) is 2.69. The molecule has 5 heteroatoms. The zero-order valence-electron chi connectivity index (χ0n) is 9.89. The van der Waals surface area contributed by atoms with Gasteiger partial charge in [-0.3, -0.25) is 5.10 Å². The van der Waals surface area contributed by atoms with Crippen molar-refractivity contribution in [3.8, 4) is 17.5 Å². The Hall–Kier alpha value is -2.74. The lowest BCUT2D eigenvalue weighted by molar-refractivity contribution is 0.640. The number of hydrogen-bond acceptors (Lipinski definition) is 3. The third-order valence-corrected chi connectivity index (χ3v) is 2.89.